The van der Waals surface area contributed by atoms with Gasteiger partial charge in [-0.05, 0) is 90.3 Å². The molecule has 47 heavy (non-hydrogen) atoms. The summed E-state index contributed by atoms with van der Waals surface area (Å²) in [6, 6.07) is 68.3. The van der Waals surface area contributed by atoms with E-state index in [4.69, 9.17) is 0 Å². The van der Waals surface area contributed by atoms with Gasteiger partial charge in [-0.15, -0.1) is 0 Å². The van der Waals surface area contributed by atoms with Gasteiger partial charge in [-0.2, -0.15) is 0 Å². The van der Waals surface area contributed by atoms with Gasteiger partial charge < -0.3 is 4.90 Å². The van der Waals surface area contributed by atoms with Crippen molar-refractivity contribution in [2.45, 2.75) is 0 Å². The summed E-state index contributed by atoms with van der Waals surface area (Å²) in [6.07, 6.45) is 0. The van der Waals surface area contributed by atoms with Crippen LogP contribution in [0.15, 0.2) is 188 Å². The van der Waals surface area contributed by atoms with Crippen LogP contribution < -0.4 is 4.90 Å². The van der Waals surface area contributed by atoms with E-state index < -0.39 is 0 Å². The molecule has 0 N–H and O–H groups in total. The maximum atomic E-state index is 2.42. The summed E-state index contributed by atoms with van der Waals surface area (Å²) in [5.74, 6) is 0. The van der Waals surface area contributed by atoms with E-state index >= 15 is 0 Å². The third kappa shape index (κ3) is 4.72. The number of fused-ring (bicyclic) bond motifs is 6. The predicted octanol–water partition coefficient (Wildman–Crippen LogP) is 13.1. The van der Waals surface area contributed by atoms with Crippen LogP contribution in [-0.4, -0.2) is 0 Å². The van der Waals surface area contributed by atoms with E-state index in [2.05, 4.69) is 193 Å². The zero-order valence-electron chi connectivity index (χ0n) is 25.8. The maximum Gasteiger partial charge on any atom is 0.0540 e. The van der Waals surface area contributed by atoms with Crippen molar-refractivity contribution in [2.75, 3.05) is 4.90 Å². The molecule has 0 bridgehead atoms. The molecule has 9 rings (SSSR count). The average molecular weight is 598 g/mol. The minimum Gasteiger partial charge on any atom is -0.310 e. The molecule has 0 saturated heterocycles. The number of hydrogen-bond acceptors (Lipinski definition) is 1. The van der Waals surface area contributed by atoms with E-state index in [1.54, 1.807) is 0 Å². The summed E-state index contributed by atoms with van der Waals surface area (Å²) in [5, 5.41) is 10.0. The van der Waals surface area contributed by atoms with E-state index in [0.717, 1.165) is 17.1 Å². The van der Waals surface area contributed by atoms with Crippen molar-refractivity contribution in [2.24, 2.45) is 0 Å². The first kappa shape index (κ1) is 27.2. The number of hydrogen-bond donors (Lipinski definition) is 0. The van der Waals surface area contributed by atoms with Crippen molar-refractivity contribution in [3.05, 3.63) is 188 Å². The van der Waals surface area contributed by atoms with Crippen molar-refractivity contribution in [3.8, 4) is 22.3 Å². The van der Waals surface area contributed by atoms with Gasteiger partial charge in [0, 0.05) is 16.8 Å². The molecular weight excluding hydrogens is 567 g/mol. The Morgan fingerprint density at radius 3 is 1.55 bits per heavy atom. The van der Waals surface area contributed by atoms with E-state index in [1.165, 1.54) is 65.3 Å². The van der Waals surface area contributed by atoms with Gasteiger partial charge in [0.25, 0.3) is 0 Å². The third-order valence-corrected chi connectivity index (χ3v) is 9.44. The summed E-state index contributed by atoms with van der Waals surface area (Å²) in [7, 11) is 0. The third-order valence-electron chi connectivity index (χ3n) is 9.44. The fraction of sp³-hybridized carbons (Fsp3) is 0. The fourth-order valence-electron chi connectivity index (χ4n) is 7.15. The summed E-state index contributed by atoms with van der Waals surface area (Å²) >= 11 is 0. The molecule has 0 aliphatic heterocycles. The number of rotatable bonds is 5. The summed E-state index contributed by atoms with van der Waals surface area (Å²) in [6.45, 7) is 0. The van der Waals surface area contributed by atoms with E-state index in [1.807, 2.05) is 0 Å². The molecule has 0 radical (unpaired) electrons. The molecule has 0 atom stereocenters. The van der Waals surface area contributed by atoms with Crippen LogP contribution in [0, 0.1) is 0 Å². The molecule has 220 valence electrons. The van der Waals surface area contributed by atoms with Crippen molar-refractivity contribution in [3.63, 3.8) is 0 Å². The number of benzene rings is 9. The second kappa shape index (κ2) is 11.3. The molecule has 1 nitrogen and oxygen atoms in total. The zero-order chi connectivity index (χ0) is 31.2. The maximum absolute atomic E-state index is 2.42. The molecule has 1 heteroatoms. The lowest BCUT2D eigenvalue weighted by molar-refractivity contribution is 1.30. The summed E-state index contributed by atoms with van der Waals surface area (Å²) in [5.41, 5.74) is 8.27. The van der Waals surface area contributed by atoms with Gasteiger partial charge in [-0.25, -0.2) is 0 Å². The minimum atomic E-state index is 1.12. The van der Waals surface area contributed by atoms with Crippen LogP contribution in [0.2, 0.25) is 0 Å². The molecule has 9 aromatic carbocycles. The van der Waals surface area contributed by atoms with Crippen molar-refractivity contribution in [1.29, 1.82) is 0 Å². The smallest absolute Gasteiger partial charge is 0.0540 e. The molecule has 9 aromatic rings. The Kier molecular flexibility index (Phi) is 6.54. The van der Waals surface area contributed by atoms with Gasteiger partial charge in [0.15, 0.2) is 0 Å². The van der Waals surface area contributed by atoms with Gasteiger partial charge in [0.2, 0.25) is 0 Å². The average Bonchev–Trinajstić information content (AvgIpc) is 3.15. The van der Waals surface area contributed by atoms with E-state index in [-0.39, 0.29) is 0 Å². The molecule has 0 fully saturated rings. The summed E-state index contributed by atoms with van der Waals surface area (Å²) in [4.78, 5) is 2.42. The highest BCUT2D eigenvalue weighted by atomic mass is 15.1. The van der Waals surface area contributed by atoms with Crippen LogP contribution in [0.1, 0.15) is 0 Å². The number of anilines is 3. The topological polar surface area (TPSA) is 3.24 Å². The normalized spacial score (nSPS) is 11.4. The van der Waals surface area contributed by atoms with Gasteiger partial charge >= 0.3 is 0 Å². The van der Waals surface area contributed by atoms with Gasteiger partial charge in [0.1, 0.15) is 0 Å². The highest BCUT2D eigenvalue weighted by Gasteiger charge is 2.18. The SMILES string of the molecule is c1ccc(-c2ccc(N(c3ccc4ccc5c6ccccc6ccc5c4c3)c3ccc(-c4ccccc4)c4ccccc34)cc2)cc1. The van der Waals surface area contributed by atoms with Crippen molar-refractivity contribution in [1.82, 2.24) is 0 Å². The van der Waals surface area contributed by atoms with Crippen molar-refractivity contribution >= 4 is 60.2 Å². The summed E-state index contributed by atoms with van der Waals surface area (Å²) < 4.78 is 0. The molecule has 0 unspecified atom stereocenters. The Hall–Kier alpha value is -6.18. The van der Waals surface area contributed by atoms with Crippen LogP contribution in [-0.2, 0) is 0 Å². The number of nitrogens with zero attached hydrogens (tertiary/aromatic N) is 1. The van der Waals surface area contributed by atoms with Gasteiger partial charge in [-0.1, -0.05) is 158 Å². The van der Waals surface area contributed by atoms with Crippen LogP contribution in [0.5, 0.6) is 0 Å². The second-order valence-electron chi connectivity index (χ2n) is 12.1. The lowest BCUT2D eigenvalue weighted by Gasteiger charge is -2.28. The first-order valence-corrected chi connectivity index (χ1v) is 16.2. The van der Waals surface area contributed by atoms with Crippen LogP contribution in [0.3, 0.4) is 0 Å². The standard InChI is InChI=1S/C46H31N/c1-3-11-32(12-4-1)33-19-24-37(25-20-33)47(46-30-29-40(34-13-5-2-6-14-34)41-17-9-10-18-44(41)46)38-26-21-36-23-27-42-39-16-8-7-15-35(39)22-28-43(42)45(36)31-38/h1-31H. The molecule has 0 heterocycles. The van der Waals surface area contributed by atoms with Gasteiger partial charge in [-0.3, -0.25) is 0 Å². The van der Waals surface area contributed by atoms with Gasteiger partial charge in [0.05, 0.1) is 5.69 Å². The van der Waals surface area contributed by atoms with Crippen LogP contribution >= 0.6 is 0 Å². The Morgan fingerprint density at radius 2 is 0.809 bits per heavy atom. The highest BCUT2D eigenvalue weighted by Crippen LogP contribution is 2.44. The Morgan fingerprint density at radius 1 is 0.277 bits per heavy atom. The Labute approximate surface area is 274 Å². The lowest BCUT2D eigenvalue weighted by atomic mass is 9.95. The minimum absolute atomic E-state index is 1.12. The van der Waals surface area contributed by atoms with E-state index in [9.17, 15) is 0 Å². The fourth-order valence-corrected chi connectivity index (χ4v) is 7.15. The molecule has 0 amide bonds. The first-order chi connectivity index (χ1) is 23.3. The molecule has 0 aliphatic carbocycles. The lowest BCUT2D eigenvalue weighted by Crippen LogP contribution is -2.10. The monoisotopic (exact) mass is 597 g/mol. The van der Waals surface area contributed by atoms with E-state index in [0.29, 0.717) is 0 Å². The largest absolute Gasteiger partial charge is 0.310 e. The molecule has 0 spiro atoms. The zero-order valence-corrected chi connectivity index (χ0v) is 25.8. The van der Waals surface area contributed by atoms with Crippen LogP contribution in [0.25, 0.3) is 65.3 Å². The molecular formula is C46H31N. The van der Waals surface area contributed by atoms with Crippen LogP contribution in [0.4, 0.5) is 17.1 Å². The Bertz CT molecular complexity index is 2550. The molecule has 0 aliphatic rings. The predicted molar refractivity (Wildman–Crippen MR) is 202 cm³/mol. The second-order valence-corrected chi connectivity index (χ2v) is 12.1. The molecule has 0 saturated carbocycles. The highest BCUT2D eigenvalue weighted by molar-refractivity contribution is 6.18. The first-order valence-electron chi connectivity index (χ1n) is 16.2. The Balaban J connectivity index is 1.28. The van der Waals surface area contributed by atoms with Crippen molar-refractivity contribution < 1.29 is 0 Å². The molecule has 0 aromatic heterocycles. The quantitative estimate of drug-likeness (QED) is 0.178.